The van der Waals surface area contributed by atoms with Crippen molar-refractivity contribution in [3.05, 3.63) is 83.4 Å². The highest BCUT2D eigenvalue weighted by Crippen LogP contribution is 2.09. The fraction of sp³-hybridized carbons (Fsp3) is 0. The molecular formula is C18H15NO3. The van der Waals surface area contributed by atoms with Gasteiger partial charge in [0.15, 0.2) is 5.78 Å². The van der Waals surface area contributed by atoms with E-state index in [9.17, 15) is 9.59 Å². The number of nitrogens with one attached hydrogen (secondary N) is 1. The third-order valence-corrected chi connectivity index (χ3v) is 2.96. The molecule has 0 bridgehead atoms. The molecule has 0 unspecified atom stereocenters. The monoisotopic (exact) mass is 293 g/mol. The first-order chi connectivity index (χ1) is 10.7. The van der Waals surface area contributed by atoms with Gasteiger partial charge in [-0.1, -0.05) is 60.7 Å². The Morgan fingerprint density at radius 1 is 0.818 bits per heavy atom. The molecule has 110 valence electrons. The van der Waals surface area contributed by atoms with Crippen molar-refractivity contribution in [3.63, 3.8) is 0 Å². The number of amides is 1. The van der Waals surface area contributed by atoms with Crippen LogP contribution in [0.15, 0.2) is 66.7 Å². The van der Waals surface area contributed by atoms with Crippen LogP contribution in [0.3, 0.4) is 0 Å². The predicted octanol–water partition coefficient (Wildman–Crippen LogP) is 3.10. The van der Waals surface area contributed by atoms with E-state index in [0.717, 1.165) is 11.1 Å². The molecule has 4 nitrogen and oxygen atoms in total. The average molecular weight is 293 g/mol. The lowest BCUT2D eigenvalue weighted by Gasteiger charge is -1.98. The maximum Gasteiger partial charge on any atom is 0.267 e. The van der Waals surface area contributed by atoms with Gasteiger partial charge in [0, 0.05) is 11.6 Å². The molecule has 2 aromatic carbocycles. The molecule has 4 heteroatoms. The number of carbonyl (C=O) groups is 2. The highest BCUT2D eigenvalue weighted by atomic mass is 16.5. The molecule has 0 heterocycles. The summed E-state index contributed by atoms with van der Waals surface area (Å²) in [5.74, 6) is -0.696. The fourth-order valence-electron chi connectivity index (χ4n) is 1.80. The molecule has 2 rings (SSSR count). The number of benzene rings is 2. The van der Waals surface area contributed by atoms with Gasteiger partial charge in [-0.05, 0) is 23.3 Å². The van der Waals surface area contributed by atoms with Crippen molar-refractivity contribution in [3.8, 4) is 0 Å². The molecular weight excluding hydrogens is 278 g/mol. The first-order valence-electron chi connectivity index (χ1n) is 6.69. The molecule has 0 spiro atoms. The van der Waals surface area contributed by atoms with Crippen molar-refractivity contribution in [2.75, 3.05) is 0 Å². The van der Waals surface area contributed by atoms with E-state index in [0.29, 0.717) is 5.56 Å². The van der Waals surface area contributed by atoms with Gasteiger partial charge in [0.25, 0.3) is 5.91 Å². The standard InChI is InChI=1S/C18H15NO3/c20-17(12-8-14-4-2-1-3-5-14)16-10-6-15(7-11-16)9-13-18(21)19-22/h1-13,22H,(H,19,21). The molecule has 0 aliphatic heterocycles. The zero-order valence-electron chi connectivity index (χ0n) is 11.8. The summed E-state index contributed by atoms with van der Waals surface area (Å²) < 4.78 is 0. The van der Waals surface area contributed by atoms with Crippen LogP contribution in [0.4, 0.5) is 0 Å². The third kappa shape index (κ3) is 4.54. The van der Waals surface area contributed by atoms with E-state index in [4.69, 9.17) is 5.21 Å². The Morgan fingerprint density at radius 3 is 2.05 bits per heavy atom. The summed E-state index contributed by atoms with van der Waals surface area (Å²) in [6.07, 6.45) is 6.03. The zero-order chi connectivity index (χ0) is 15.8. The molecule has 2 aromatic rings. The zero-order valence-corrected chi connectivity index (χ0v) is 11.8. The van der Waals surface area contributed by atoms with Gasteiger partial charge in [-0.3, -0.25) is 14.8 Å². The Morgan fingerprint density at radius 2 is 1.41 bits per heavy atom. The Kier molecular flexibility index (Phi) is 5.40. The number of hydrogen-bond acceptors (Lipinski definition) is 3. The SMILES string of the molecule is O=C(C=Cc1ccc(C(=O)C=Cc2ccccc2)cc1)NO. The van der Waals surface area contributed by atoms with Crippen molar-refractivity contribution in [2.45, 2.75) is 0 Å². The van der Waals surface area contributed by atoms with Gasteiger partial charge in [0.05, 0.1) is 0 Å². The first kappa shape index (κ1) is 15.4. The van der Waals surface area contributed by atoms with Gasteiger partial charge in [-0.25, -0.2) is 5.48 Å². The molecule has 0 saturated carbocycles. The van der Waals surface area contributed by atoms with E-state index in [1.165, 1.54) is 17.6 Å². The Hall–Kier alpha value is -2.98. The van der Waals surface area contributed by atoms with Gasteiger partial charge >= 0.3 is 0 Å². The maximum atomic E-state index is 12.0. The minimum atomic E-state index is -0.606. The highest BCUT2D eigenvalue weighted by molar-refractivity contribution is 6.06. The molecule has 1 amide bonds. The lowest BCUT2D eigenvalue weighted by Crippen LogP contribution is -2.14. The highest BCUT2D eigenvalue weighted by Gasteiger charge is 2.01. The number of hydroxylamine groups is 1. The number of hydrogen-bond donors (Lipinski definition) is 2. The van der Waals surface area contributed by atoms with Gasteiger partial charge in [0.1, 0.15) is 0 Å². The normalized spacial score (nSPS) is 11.0. The predicted molar refractivity (Wildman–Crippen MR) is 85.2 cm³/mol. The molecule has 0 fully saturated rings. The van der Waals surface area contributed by atoms with Crippen molar-refractivity contribution in [1.82, 2.24) is 5.48 Å². The summed E-state index contributed by atoms with van der Waals surface area (Å²) in [7, 11) is 0. The van der Waals surface area contributed by atoms with E-state index in [1.807, 2.05) is 30.3 Å². The van der Waals surface area contributed by atoms with E-state index < -0.39 is 5.91 Å². The summed E-state index contributed by atoms with van der Waals surface area (Å²) in [5, 5.41) is 8.38. The number of ketones is 1. The van der Waals surface area contributed by atoms with E-state index in [2.05, 4.69) is 0 Å². The largest absolute Gasteiger partial charge is 0.289 e. The lowest BCUT2D eigenvalue weighted by molar-refractivity contribution is -0.124. The Bertz CT molecular complexity index is 701. The minimum absolute atomic E-state index is 0.0903. The van der Waals surface area contributed by atoms with Crippen molar-refractivity contribution < 1.29 is 14.8 Å². The summed E-state index contributed by atoms with van der Waals surface area (Å²) in [6, 6.07) is 16.4. The second-order valence-electron chi connectivity index (χ2n) is 4.54. The second-order valence-corrected chi connectivity index (χ2v) is 4.54. The van der Waals surface area contributed by atoms with Crippen LogP contribution in [0.1, 0.15) is 21.5 Å². The van der Waals surface area contributed by atoms with E-state index >= 15 is 0 Å². The van der Waals surface area contributed by atoms with Crippen LogP contribution < -0.4 is 5.48 Å². The molecule has 0 atom stereocenters. The lowest BCUT2D eigenvalue weighted by atomic mass is 10.1. The molecule has 0 aliphatic carbocycles. The molecule has 0 radical (unpaired) electrons. The topological polar surface area (TPSA) is 66.4 Å². The van der Waals surface area contributed by atoms with Crippen LogP contribution in [0, 0.1) is 0 Å². The van der Waals surface area contributed by atoms with E-state index in [1.54, 1.807) is 36.4 Å². The van der Waals surface area contributed by atoms with Crippen molar-refractivity contribution >= 4 is 23.8 Å². The smallest absolute Gasteiger partial charge is 0.267 e. The van der Waals surface area contributed by atoms with Crippen LogP contribution >= 0.6 is 0 Å². The second kappa shape index (κ2) is 7.71. The molecule has 0 saturated heterocycles. The van der Waals surface area contributed by atoms with Gasteiger partial charge in [-0.15, -0.1) is 0 Å². The Balaban J connectivity index is 2.04. The summed E-state index contributed by atoms with van der Waals surface area (Å²) in [5.41, 5.74) is 3.79. The fourth-order valence-corrected chi connectivity index (χ4v) is 1.80. The molecule has 0 aromatic heterocycles. The Labute approximate surface area is 128 Å². The van der Waals surface area contributed by atoms with Crippen molar-refractivity contribution in [1.29, 1.82) is 0 Å². The molecule has 22 heavy (non-hydrogen) atoms. The summed E-state index contributed by atoms with van der Waals surface area (Å²) in [6.45, 7) is 0. The van der Waals surface area contributed by atoms with Crippen LogP contribution in [-0.2, 0) is 4.79 Å². The number of rotatable bonds is 5. The van der Waals surface area contributed by atoms with Gasteiger partial charge in [-0.2, -0.15) is 0 Å². The number of allylic oxidation sites excluding steroid dienone is 1. The first-order valence-corrected chi connectivity index (χ1v) is 6.69. The van der Waals surface area contributed by atoms with E-state index in [-0.39, 0.29) is 5.78 Å². The van der Waals surface area contributed by atoms with Crippen LogP contribution in [0.25, 0.3) is 12.2 Å². The quantitative estimate of drug-likeness (QED) is 0.385. The van der Waals surface area contributed by atoms with Crippen LogP contribution in [0.5, 0.6) is 0 Å². The number of carbonyl (C=O) groups excluding carboxylic acids is 2. The third-order valence-electron chi connectivity index (χ3n) is 2.96. The molecule has 0 aliphatic rings. The average Bonchev–Trinajstić information content (AvgIpc) is 2.59. The maximum absolute atomic E-state index is 12.0. The summed E-state index contributed by atoms with van der Waals surface area (Å²) in [4.78, 5) is 22.9. The van der Waals surface area contributed by atoms with Crippen LogP contribution in [0.2, 0.25) is 0 Å². The van der Waals surface area contributed by atoms with Gasteiger partial charge in [0.2, 0.25) is 0 Å². The van der Waals surface area contributed by atoms with Gasteiger partial charge < -0.3 is 0 Å². The molecule has 2 N–H and O–H groups in total. The van der Waals surface area contributed by atoms with Crippen LogP contribution in [-0.4, -0.2) is 16.9 Å². The minimum Gasteiger partial charge on any atom is -0.289 e. The summed E-state index contributed by atoms with van der Waals surface area (Å²) >= 11 is 0. The van der Waals surface area contributed by atoms with Crippen molar-refractivity contribution in [2.24, 2.45) is 0 Å².